The first-order valence-electron chi connectivity index (χ1n) is 9.63. The summed E-state index contributed by atoms with van der Waals surface area (Å²) >= 11 is 6.11. The molecule has 2 aromatic heterocycles. The zero-order chi connectivity index (χ0) is 23.6. The summed E-state index contributed by atoms with van der Waals surface area (Å²) in [5.41, 5.74) is 1.88. The highest BCUT2D eigenvalue weighted by Gasteiger charge is 2.22. The van der Waals surface area contributed by atoms with Gasteiger partial charge < -0.3 is 5.11 Å². The second kappa shape index (κ2) is 8.90. The number of nitrogens with zero attached hydrogens (tertiary/aromatic N) is 2. The average Bonchev–Trinajstić information content (AvgIpc) is 2.79. The minimum absolute atomic E-state index is 0.0860. The molecule has 0 aliphatic heterocycles. The van der Waals surface area contributed by atoms with E-state index in [2.05, 4.69) is 26.5 Å². The van der Waals surface area contributed by atoms with E-state index < -0.39 is 16.0 Å². The standard InChI is InChI=1S/C24H16ClN3O4S/c1-15-4-7-17-3-2-12-26-22(17)23(15)33(31,32)28-20-11-9-19(25)13-18(20)8-5-16-6-10-21(24(29)30)27-14-16/h2-4,6-7,9-14,28H,1H3,(H,29,30). The maximum Gasteiger partial charge on any atom is 0.354 e. The van der Waals surface area contributed by atoms with Crippen molar-refractivity contribution < 1.29 is 18.3 Å². The summed E-state index contributed by atoms with van der Waals surface area (Å²) in [5, 5.41) is 10.0. The van der Waals surface area contributed by atoms with E-state index >= 15 is 0 Å². The number of anilines is 1. The summed E-state index contributed by atoms with van der Waals surface area (Å²) in [7, 11) is -4.01. The van der Waals surface area contributed by atoms with Gasteiger partial charge in [-0.05, 0) is 48.9 Å². The normalized spacial score (nSPS) is 11.0. The number of carbonyl (C=O) groups is 1. The van der Waals surface area contributed by atoms with Gasteiger partial charge in [0.2, 0.25) is 0 Å². The molecule has 2 heterocycles. The monoisotopic (exact) mass is 477 g/mol. The van der Waals surface area contributed by atoms with Crippen molar-refractivity contribution in [2.75, 3.05) is 4.72 Å². The lowest BCUT2D eigenvalue weighted by Crippen LogP contribution is -2.16. The third-order valence-corrected chi connectivity index (χ3v) is 6.52. The third kappa shape index (κ3) is 4.80. The van der Waals surface area contributed by atoms with Crippen molar-refractivity contribution in [3.8, 4) is 11.8 Å². The molecule has 7 nitrogen and oxygen atoms in total. The average molecular weight is 478 g/mol. The Morgan fingerprint density at radius 1 is 1.06 bits per heavy atom. The number of pyridine rings is 2. The van der Waals surface area contributed by atoms with E-state index in [1.165, 1.54) is 24.4 Å². The van der Waals surface area contributed by atoms with Crippen molar-refractivity contribution in [2.45, 2.75) is 11.8 Å². The van der Waals surface area contributed by atoms with Crippen LogP contribution in [0.5, 0.6) is 0 Å². The molecular formula is C24H16ClN3O4S. The minimum Gasteiger partial charge on any atom is -0.477 e. The van der Waals surface area contributed by atoms with E-state index in [0.29, 0.717) is 32.6 Å². The van der Waals surface area contributed by atoms with E-state index in [4.69, 9.17) is 16.7 Å². The number of halogens is 1. The van der Waals surface area contributed by atoms with E-state index in [9.17, 15) is 13.2 Å². The van der Waals surface area contributed by atoms with Crippen LogP contribution >= 0.6 is 11.6 Å². The van der Waals surface area contributed by atoms with Gasteiger partial charge in [-0.2, -0.15) is 0 Å². The number of aryl methyl sites for hydroxylation is 1. The Kier molecular flexibility index (Phi) is 6.01. The molecule has 0 saturated carbocycles. The summed E-state index contributed by atoms with van der Waals surface area (Å²) < 4.78 is 29.3. The maximum atomic E-state index is 13.4. The number of benzene rings is 2. The molecule has 0 radical (unpaired) electrons. The lowest BCUT2D eigenvalue weighted by molar-refractivity contribution is 0.0690. The number of carboxylic acids is 1. The maximum absolute atomic E-state index is 13.4. The number of nitrogens with one attached hydrogen (secondary N) is 1. The second-order valence-electron chi connectivity index (χ2n) is 7.07. The number of hydrogen-bond donors (Lipinski definition) is 2. The van der Waals surface area contributed by atoms with E-state index in [1.54, 1.807) is 43.5 Å². The first-order valence-corrected chi connectivity index (χ1v) is 11.5. The Bertz CT molecular complexity index is 1560. The molecule has 2 aromatic carbocycles. The number of fused-ring (bicyclic) bond motifs is 1. The van der Waals surface area contributed by atoms with Gasteiger partial charge in [0.05, 0.1) is 16.8 Å². The summed E-state index contributed by atoms with van der Waals surface area (Å²) in [6.45, 7) is 1.71. The quantitative estimate of drug-likeness (QED) is 0.419. The summed E-state index contributed by atoms with van der Waals surface area (Å²) in [6, 6.07) is 14.6. The van der Waals surface area contributed by atoms with Crippen LogP contribution in [0, 0.1) is 18.8 Å². The zero-order valence-electron chi connectivity index (χ0n) is 17.2. The number of carboxylic acid groups (broad SMARTS) is 1. The van der Waals surface area contributed by atoms with Gasteiger partial charge in [-0.1, -0.05) is 41.6 Å². The Morgan fingerprint density at radius 2 is 1.88 bits per heavy atom. The van der Waals surface area contributed by atoms with Gasteiger partial charge in [0.1, 0.15) is 10.6 Å². The van der Waals surface area contributed by atoms with Crippen LogP contribution in [-0.4, -0.2) is 29.5 Å². The molecule has 0 fully saturated rings. The molecule has 0 saturated heterocycles. The van der Waals surface area contributed by atoms with Gasteiger partial charge in [0.25, 0.3) is 10.0 Å². The molecule has 0 amide bonds. The first kappa shape index (κ1) is 22.3. The van der Waals surface area contributed by atoms with Crippen LogP contribution in [0.15, 0.2) is 71.9 Å². The van der Waals surface area contributed by atoms with Crippen LogP contribution in [0.1, 0.15) is 27.2 Å². The van der Waals surface area contributed by atoms with Crippen LogP contribution in [0.25, 0.3) is 10.9 Å². The highest BCUT2D eigenvalue weighted by atomic mass is 35.5. The van der Waals surface area contributed by atoms with Gasteiger partial charge in [0.15, 0.2) is 0 Å². The van der Waals surface area contributed by atoms with Crippen molar-refractivity contribution in [1.82, 2.24) is 9.97 Å². The predicted molar refractivity (Wildman–Crippen MR) is 126 cm³/mol. The molecule has 4 aromatic rings. The molecule has 2 N–H and O–H groups in total. The van der Waals surface area contributed by atoms with Gasteiger partial charge in [-0.15, -0.1) is 0 Å². The molecule has 33 heavy (non-hydrogen) atoms. The predicted octanol–water partition coefficient (Wildman–Crippen LogP) is 4.49. The van der Waals surface area contributed by atoms with E-state index in [1.807, 2.05) is 6.07 Å². The molecule has 9 heteroatoms. The number of aromatic nitrogens is 2. The van der Waals surface area contributed by atoms with Crippen molar-refractivity contribution in [3.63, 3.8) is 0 Å². The Morgan fingerprint density at radius 3 is 2.61 bits per heavy atom. The number of hydrogen-bond acceptors (Lipinski definition) is 5. The van der Waals surface area contributed by atoms with Crippen LogP contribution in [-0.2, 0) is 10.0 Å². The fourth-order valence-electron chi connectivity index (χ4n) is 3.20. The smallest absolute Gasteiger partial charge is 0.354 e. The van der Waals surface area contributed by atoms with Gasteiger partial charge in [-0.25, -0.2) is 18.2 Å². The Balaban J connectivity index is 1.74. The molecule has 0 aliphatic rings. The van der Waals surface area contributed by atoms with Crippen LogP contribution < -0.4 is 4.72 Å². The van der Waals surface area contributed by atoms with E-state index in [-0.39, 0.29) is 16.3 Å². The summed E-state index contributed by atoms with van der Waals surface area (Å²) in [6.07, 6.45) is 2.87. The van der Waals surface area contributed by atoms with Gasteiger partial charge in [-0.3, -0.25) is 9.71 Å². The molecule has 0 spiro atoms. The van der Waals surface area contributed by atoms with Crippen molar-refractivity contribution in [1.29, 1.82) is 0 Å². The van der Waals surface area contributed by atoms with Crippen LogP contribution in [0.3, 0.4) is 0 Å². The summed E-state index contributed by atoms with van der Waals surface area (Å²) in [4.78, 5) is 19.1. The largest absolute Gasteiger partial charge is 0.477 e. The minimum atomic E-state index is -4.01. The van der Waals surface area contributed by atoms with Gasteiger partial charge in [0, 0.05) is 28.4 Å². The zero-order valence-corrected chi connectivity index (χ0v) is 18.8. The van der Waals surface area contributed by atoms with Crippen LogP contribution in [0.4, 0.5) is 5.69 Å². The SMILES string of the molecule is Cc1ccc2cccnc2c1S(=O)(=O)Nc1ccc(Cl)cc1C#Cc1ccc(C(=O)O)nc1. The van der Waals surface area contributed by atoms with Crippen molar-refractivity contribution >= 4 is 44.2 Å². The lowest BCUT2D eigenvalue weighted by Gasteiger charge is -2.14. The van der Waals surface area contributed by atoms with Crippen molar-refractivity contribution in [3.05, 3.63) is 94.4 Å². The fraction of sp³-hybridized carbons (Fsp3) is 0.0417. The molecule has 0 unspecified atom stereocenters. The second-order valence-corrected chi connectivity index (χ2v) is 9.13. The molecular weight excluding hydrogens is 462 g/mol. The topological polar surface area (TPSA) is 109 Å². The fourth-order valence-corrected chi connectivity index (χ4v) is 4.86. The van der Waals surface area contributed by atoms with E-state index in [0.717, 1.165) is 0 Å². The molecule has 0 bridgehead atoms. The van der Waals surface area contributed by atoms with Crippen molar-refractivity contribution in [2.24, 2.45) is 0 Å². The third-order valence-electron chi connectivity index (χ3n) is 4.74. The summed E-state index contributed by atoms with van der Waals surface area (Å²) in [5.74, 6) is 4.59. The van der Waals surface area contributed by atoms with Crippen LogP contribution in [0.2, 0.25) is 5.02 Å². The molecule has 0 aliphatic carbocycles. The molecule has 164 valence electrons. The Labute approximate surface area is 195 Å². The highest BCUT2D eigenvalue weighted by molar-refractivity contribution is 7.93. The number of rotatable bonds is 4. The van der Waals surface area contributed by atoms with Gasteiger partial charge >= 0.3 is 5.97 Å². The molecule has 4 rings (SSSR count). The number of sulfonamides is 1. The highest BCUT2D eigenvalue weighted by Crippen LogP contribution is 2.28. The Hall–Kier alpha value is -3.93. The number of aromatic carboxylic acids is 1. The molecule has 0 atom stereocenters. The first-order chi connectivity index (χ1) is 15.7. The lowest BCUT2D eigenvalue weighted by atomic mass is 10.1.